The van der Waals surface area contributed by atoms with Gasteiger partial charge in [-0.2, -0.15) is 0 Å². The highest BCUT2D eigenvalue weighted by Crippen LogP contribution is 2.27. The molecule has 3 aromatic rings. The van der Waals surface area contributed by atoms with Crippen molar-refractivity contribution in [3.8, 4) is 17.1 Å². The third-order valence-electron chi connectivity index (χ3n) is 4.32. The van der Waals surface area contributed by atoms with E-state index in [1.807, 2.05) is 28.8 Å². The second-order valence-electron chi connectivity index (χ2n) is 7.36. The monoisotopic (exact) mass is 428 g/mol. The number of nitrogens with one attached hydrogen (secondary N) is 1. The summed E-state index contributed by atoms with van der Waals surface area (Å²) in [6.07, 6.45) is 0. The van der Waals surface area contributed by atoms with E-state index in [1.54, 1.807) is 26.2 Å². The van der Waals surface area contributed by atoms with E-state index in [0.29, 0.717) is 17.6 Å². The van der Waals surface area contributed by atoms with Crippen molar-refractivity contribution in [3.05, 3.63) is 53.8 Å². The maximum Gasteiger partial charge on any atom is 0.234 e. The molecule has 158 valence electrons. The number of hydrogen-bond acceptors (Lipinski definition) is 5. The van der Waals surface area contributed by atoms with Gasteiger partial charge in [0, 0.05) is 12.1 Å². The number of aromatic nitrogens is 3. The van der Waals surface area contributed by atoms with Gasteiger partial charge in [-0.25, -0.2) is 4.39 Å². The molecule has 1 aromatic heterocycles. The lowest BCUT2D eigenvalue weighted by molar-refractivity contribution is -0.113. The SMILES string of the molecule is COc1cccc(-c2nnc(SCC(=O)Nc3ccc(C)cc3F)n2CC(C)C)c1. The summed E-state index contributed by atoms with van der Waals surface area (Å²) in [5.41, 5.74) is 1.86. The summed E-state index contributed by atoms with van der Waals surface area (Å²) < 4.78 is 21.3. The molecule has 2 aromatic carbocycles. The van der Waals surface area contributed by atoms with Crippen LogP contribution in [0.5, 0.6) is 5.75 Å². The number of carbonyl (C=O) groups excluding carboxylic acids is 1. The van der Waals surface area contributed by atoms with Gasteiger partial charge in [0.1, 0.15) is 11.6 Å². The number of amides is 1. The highest BCUT2D eigenvalue weighted by molar-refractivity contribution is 7.99. The van der Waals surface area contributed by atoms with Gasteiger partial charge >= 0.3 is 0 Å². The summed E-state index contributed by atoms with van der Waals surface area (Å²) in [4.78, 5) is 12.3. The highest BCUT2D eigenvalue weighted by atomic mass is 32.2. The number of rotatable bonds is 8. The fourth-order valence-electron chi connectivity index (χ4n) is 2.94. The minimum Gasteiger partial charge on any atom is -0.497 e. The van der Waals surface area contributed by atoms with Crippen LogP contribution in [0.1, 0.15) is 19.4 Å². The lowest BCUT2D eigenvalue weighted by atomic mass is 10.2. The molecule has 0 aliphatic rings. The molecule has 0 aliphatic heterocycles. The van der Waals surface area contributed by atoms with Crippen molar-refractivity contribution < 1.29 is 13.9 Å². The van der Waals surface area contributed by atoms with E-state index in [1.165, 1.54) is 17.8 Å². The Labute approximate surface area is 179 Å². The second kappa shape index (κ2) is 9.75. The first-order valence-electron chi connectivity index (χ1n) is 9.63. The Hall–Kier alpha value is -2.87. The minimum absolute atomic E-state index is 0.0989. The topological polar surface area (TPSA) is 69.0 Å². The molecule has 1 heterocycles. The summed E-state index contributed by atoms with van der Waals surface area (Å²) in [5, 5.41) is 11.9. The molecular weight excluding hydrogens is 403 g/mol. The predicted octanol–water partition coefficient (Wildman–Crippen LogP) is 4.79. The normalized spacial score (nSPS) is 11.0. The van der Waals surface area contributed by atoms with Crippen molar-refractivity contribution in [2.45, 2.75) is 32.5 Å². The number of halogens is 1. The van der Waals surface area contributed by atoms with E-state index < -0.39 is 5.82 Å². The van der Waals surface area contributed by atoms with Crippen molar-refractivity contribution in [2.75, 3.05) is 18.2 Å². The van der Waals surface area contributed by atoms with E-state index >= 15 is 0 Å². The first-order valence-corrected chi connectivity index (χ1v) is 10.6. The Morgan fingerprint density at radius 3 is 2.73 bits per heavy atom. The van der Waals surface area contributed by atoms with Crippen LogP contribution in [0.25, 0.3) is 11.4 Å². The number of methoxy groups -OCH3 is 1. The van der Waals surface area contributed by atoms with Gasteiger partial charge in [0.25, 0.3) is 0 Å². The second-order valence-corrected chi connectivity index (χ2v) is 8.31. The number of hydrogen-bond donors (Lipinski definition) is 1. The van der Waals surface area contributed by atoms with Crippen molar-refractivity contribution in [1.29, 1.82) is 0 Å². The molecule has 3 rings (SSSR count). The molecule has 0 unspecified atom stereocenters. The van der Waals surface area contributed by atoms with Gasteiger partial charge in [-0.05, 0) is 42.7 Å². The molecule has 0 bridgehead atoms. The minimum atomic E-state index is -0.448. The zero-order valence-electron chi connectivity index (χ0n) is 17.5. The van der Waals surface area contributed by atoms with Crippen molar-refractivity contribution >= 4 is 23.4 Å². The molecule has 0 spiro atoms. The number of nitrogens with zero attached hydrogens (tertiary/aromatic N) is 3. The van der Waals surface area contributed by atoms with Gasteiger partial charge in [0.05, 0.1) is 18.6 Å². The predicted molar refractivity (Wildman–Crippen MR) is 117 cm³/mol. The first-order chi connectivity index (χ1) is 14.4. The maximum atomic E-state index is 14.0. The van der Waals surface area contributed by atoms with Crippen molar-refractivity contribution in [2.24, 2.45) is 5.92 Å². The third kappa shape index (κ3) is 5.38. The van der Waals surface area contributed by atoms with Crippen LogP contribution in [0.15, 0.2) is 47.6 Å². The Kier molecular flexibility index (Phi) is 7.10. The summed E-state index contributed by atoms with van der Waals surface area (Å²) in [7, 11) is 1.62. The molecule has 0 radical (unpaired) electrons. The van der Waals surface area contributed by atoms with Crippen LogP contribution >= 0.6 is 11.8 Å². The van der Waals surface area contributed by atoms with Gasteiger partial charge < -0.3 is 14.6 Å². The van der Waals surface area contributed by atoms with Gasteiger partial charge in [-0.3, -0.25) is 4.79 Å². The molecule has 1 N–H and O–H groups in total. The number of benzene rings is 2. The summed E-state index contributed by atoms with van der Waals surface area (Å²) in [6.45, 7) is 6.72. The molecule has 0 fully saturated rings. The Morgan fingerprint density at radius 2 is 2.03 bits per heavy atom. The van der Waals surface area contributed by atoms with Crippen LogP contribution in [0.2, 0.25) is 0 Å². The number of ether oxygens (including phenoxy) is 1. The van der Waals surface area contributed by atoms with Crippen molar-refractivity contribution in [3.63, 3.8) is 0 Å². The molecule has 8 heteroatoms. The van der Waals surface area contributed by atoms with Crippen LogP contribution in [0.3, 0.4) is 0 Å². The molecule has 0 saturated carbocycles. The highest BCUT2D eigenvalue weighted by Gasteiger charge is 2.17. The quantitative estimate of drug-likeness (QED) is 0.523. The molecule has 6 nitrogen and oxygen atoms in total. The molecule has 0 saturated heterocycles. The molecule has 0 atom stereocenters. The Morgan fingerprint density at radius 1 is 1.23 bits per heavy atom. The summed E-state index contributed by atoms with van der Waals surface area (Å²) in [6, 6.07) is 12.3. The zero-order valence-corrected chi connectivity index (χ0v) is 18.3. The van der Waals surface area contributed by atoms with Gasteiger partial charge in [0.2, 0.25) is 5.91 Å². The third-order valence-corrected chi connectivity index (χ3v) is 5.29. The van der Waals surface area contributed by atoms with E-state index in [9.17, 15) is 9.18 Å². The van der Waals surface area contributed by atoms with Gasteiger partial charge in [0.15, 0.2) is 11.0 Å². The van der Waals surface area contributed by atoms with E-state index in [4.69, 9.17) is 4.74 Å². The Balaban J connectivity index is 1.76. The average molecular weight is 429 g/mol. The van der Waals surface area contributed by atoms with Crippen LogP contribution in [0.4, 0.5) is 10.1 Å². The van der Waals surface area contributed by atoms with Gasteiger partial charge in [-0.15, -0.1) is 10.2 Å². The average Bonchev–Trinajstić information content (AvgIpc) is 3.10. The fraction of sp³-hybridized carbons (Fsp3) is 0.318. The van der Waals surface area contributed by atoms with Crippen LogP contribution in [-0.2, 0) is 11.3 Å². The first kappa shape index (κ1) is 21.8. The zero-order chi connectivity index (χ0) is 21.7. The fourth-order valence-corrected chi connectivity index (χ4v) is 3.69. The van der Waals surface area contributed by atoms with Crippen molar-refractivity contribution in [1.82, 2.24) is 14.8 Å². The number of aryl methyl sites for hydroxylation is 1. The number of thioether (sulfide) groups is 1. The maximum absolute atomic E-state index is 14.0. The van der Waals surface area contributed by atoms with Crippen LogP contribution in [-0.4, -0.2) is 33.5 Å². The van der Waals surface area contributed by atoms with Crippen LogP contribution in [0, 0.1) is 18.7 Å². The molecule has 30 heavy (non-hydrogen) atoms. The largest absolute Gasteiger partial charge is 0.497 e. The molecule has 0 aliphatic carbocycles. The Bertz CT molecular complexity index is 1040. The number of carbonyl (C=O) groups is 1. The standard InChI is InChI=1S/C22H25FN4O2S/c1-14(2)12-27-21(16-6-5-7-17(11-16)29-4)25-26-22(27)30-13-20(28)24-19-9-8-15(3)10-18(19)23/h5-11,14H,12-13H2,1-4H3,(H,24,28). The summed E-state index contributed by atoms with van der Waals surface area (Å²) in [5.74, 6) is 1.17. The molecular formula is C22H25FN4O2S. The van der Waals surface area contributed by atoms with E-state index in [0.717, 1.165) is 22.7 Å². The summed E-state index contributed by atoms with van der Waals surface area (Å²) >= 11 is 1.27. The molecule has 1 amide bonds. The van der Waals surface area contributed by atoms with E-state index in [2.05, 4.69) is 29.4 Å². The van der Waals surface area contributed by atoms with Gasteiger partial charge in [-0.1, -0.05) is 43.8 Å². The van der Waals surface area contributed by atoms with E-state index in [-0.39, 0.29) is 17.3 Å². The number of anilines is 1. The lowest BCUT2D eigenvalue weighted by Gasteiger charge is -2.13. The van der Waals surface area contributed by atoms with Crippen LogP contribution < -0.4 is 10.1 Å². The smallest absolute Gasteiger partial charge is 0.234 e. The lowest BCUT2D eigenvalue weighted by Crippen LogP contribution is -2.16.